The molecule has 0 aliphatic rings. The Balaban J connectivity index is 1.72. The molecule has 0 radical (unpaired) electrons. The van der Waals surface area contributed by atoms with Gasteiger partial charge in [0.15, 0.2) is 5.13 Å². The van der Waals surface area contributed by atoms with Gasteiger partial charge in [0.05, 0.1) is 4.92 Å². The third-order valence-electron chi connectivity index (χ3n) is 4.66. The molecule has 2 N–H and O–H groups in total. The molecular formula is C22H20N6O3S. The number of hydrogen-bond donors (Lipinski definition) is 2. The summed E-state index contributed by atoms with van der Waals surface area (Å²) in [5, 5.41) is 16.0. The first-order valence-electron chi connectivity index (χ1n) is 9.70. The maximum atomic E-state index is 13.0. The van der Waals surface area contributed by atoms with E-state index in [0.717, 1.165) is 17.7 Å². The minimum absolute atomic E-state index is 0.0150. The molecule has 2 heterocycles. The van der Waals surface area contributed by atoms with E-state index in [-0.39, 0.29) is 17.3 Å². The molecule has 0 aliphatic carbocycles. The summed E-state index contributed by atoms with van der Waals surface area (Å²) in [6.07, 6.45) is 1.61. The van der Waals surface area contributed by atoms with Gasteiger partial charge >= 0.3 is 0 Å². The Kier molecular flexibility index (Phi) is 6.06. The van der Waals surface area contributed by atoms with Crippen LogP contribution in [-0.4, -0.2) is 44.8 Å². The lowest BCUT2D eigenvalue weighted by Gasteiger charge is -2.10. The maximum absolute atomic E-state index is 13.0. The van der Waals surface area contributed by atoms with Crippen LogP contribution in [0.25, 0.3) is 22.6 Å². The average molecular weight is 449 g/mol. The molecule has 10 heteroatoms. The predicted molar refractivity (Wildman–Crippen MR) is 124 cm³/mol. The first-order chi connectivity index (χ1) is 15.4. The molecule has 1 amide bonds. The van der Waals surface area contributed by atoms with E-state index in [1.54, 1.807) is 23.7 Å². The molecule has 9 nitrogen and oxygen atoms in total. The number of thiazole rings is 1. The summed E-state index contributed by atoms with van der Waals surface area (Å²) in [5.74, 6) is 0.0736. The van der Waals surface area contributed by atoms with E-state index in [2.05, 4.69) is 25.2 Å². The van der Waals surface area contributed by atoms with E-state index < -0.39 is 4.92 Å². The molecule has 2 aromatic heterocycles. The molecule has 2 aromatic carbocycles. The number of benzene rings is 2. The van der Waals surface area contributed by atoms with Crippen molar-refractivity contribution in [2.45, 2.75) is 6.54 Å². The highest BCUT2D eigenvalue weighted by Crippen LogP contribution is 2.28. The standard InChI is InChI=1S/C22H20N6O3S/c1-27(2)13-14-3-5-15(6-4-14)18-19(21(29)26-22-23-11-12-32-22)25-20(24-18)16-7-9-17(10-8-16)28(30)31/h3-12H,13H2,1-2H3,(H,24,25)(H,23,26,29). The molecule has 32 heavy (non-hydrogen) atoms. The fourth-order valence-corrected chi connectivity index (χ4v) is 3.73. The van der Waals surface area contributed by atoms with Gasteiger partial charge < -0.3 is 9.88 Å². The van der Waals surface area contributed by atoms with Crippen LogP contribution in [0.3, 0.4) is 0 Å². The number of rotatable bonds is 7. The zero-order valence-electron chi connectivity index (χ0n) is 17.4. The molecule has 0 saturated carbocycles. The van der Waals surface area contributed by atoms with Gasteiger partial charge in [0.2, 0.25) is 0 Å². The predicted octanol–water partition coefficient (Wildman–Crippen LogP) is 4.42. The summed E-state index contributed by atoms with van der Waals surface area (Å²) in [6, 6.07) is 13.9. The highest BCUT2D eigenvalue weighted by atomic mass is 32.1. The Bertz CT molecular complexity index is 1230. The number of non-ortho nitro benzene ring substituents is 1. The lowest BCUT2D eigenvalue weighted by atomic mass is 10.1. The minimum Gasteiger partial charge on any atom is -0.333 e. The number of carbonyl (C=O) groups is 1. The number of imidazole rings is 1. The second-order valence-electron chi connectivity index (χ2n) is 7.34. The average Bonchev–Trinajstić information content (AvgIpc) is 3.44. The smallest absolute Gasteiger partial charge is 0.276 e. The van der Waals surface area contributed by atoms with Gasteiger partial charge in [0.25, 0.3) is 11.6 Å². The quantitative estimate of drug-likeness (QED) is 0.319. The van der Waals surface area contributed by atoms with E-state index in [9.17, 15) is 14.9 Å². The van der Waals surface area contributed by atoms with Crippen LogP contribution in [0.5, 0.6) is 0 Å². The number of carbonyl (C=O) groups excluding carboxylic acids is 1. The Hall–Kier alpha value is -3.89. The Morgan fingerprint density at radius 2 is 1.81 bits per heavy atom. The SMILES string of the molecule is CN(C)Cc1ccc(-c2nc(-c3ccc([N+](=O)[O-])cc3)[nH]c2C(=O)Nc2nccs2)cc1. The molecule has 0 aliphatic heterocycles. The molecule has 162 valence electrons. The Labute approximate surface area is 187 Å². The summed E-state index contributed by atoms with van der Waals surface area (Å²) in [4.78, 5) is 37.4. The molecule has 4 aromatic rings. The third kappa shape index (κ3) is 4.71. The van der Waals surface area contributed by atoms with Crippen LogP contribution in [-0.2, 0) is 6.54 Å². The van der Waals surface area contributed by atoms with Gasteiger partial charge in [-0.25, -0.2) is 9.97 Å². The molecule has 0 atom stereocenters. The zero-order valence-corrected chi connectivity index (χ0v) is 18.2. The second-order valence-corrected chi connectivity index (χ2v) is 8.23. The van der Waals surface area contributed by atoms with Crippen LogP contribution in [0.15, 0.2) is 60.1 Å². The molecule has 0 spiro atoms. The number of hydrogen-bond acceptors (Lipinski definition) is 7. The lowest BCUT2D eigenvalue weighted by molar-refractivity contribution is -0.384. The van der Waals surface area contributed by atoms with Crippen LogP contribution in [0.1, 0.15) is 16.1 Å². The fourth-order valence-electron chi connectivity index (χ4n) is 3.20. The van der Waals surface area contributed by atoms with Crippen molar-refractivity contribution in [3.05, 3.63) is 81.5 Å². The van der Waals surface area contributed by atoms with Crippen molar-refractivity contribution in [3.63, 3.8) is 0 Å². The highest BCUT2D eigenvalue weighted by molar-refractivity contribution is 7.13. The van der Waals surface area contributed by atoms with Gasteiger partial charge in [-0.3, -0.25) is 20.2 Å². The van der Waals surface area contributed by atoms with Crippen molar-refractivity contribution >= 4 is 28.1 Å². The first kappa shape index (κ1) is 21.3. The van der Waals surface area contributed by atoms with E-state index in [1.807, 2.05) is 38.4 Å². The van der Waals surface area contributed by atoms with Crippen molar-refractivity contribution in [1.29, 1.82) is 0 Å². The van der Waals surface area contributed by atoms with Crippen molar-refractivity contribution in [2.75, 3.05) is 19.4 Å². The minimum atomic E-state index is -0.459. The van der Waals surface area contributed by atoms with Crippen molar-refractivity contribution in [1.82, 2.24) is 19.9 Å². The van der Waals surface area contributed by atoms with Crippen LogP contribution >= 0.6 is 11.3 Å². The fraction of sp³-hybridized carbons (Fsp3) is 0.136. The van der Waals surface area contributed by atoms with Crippen molar-refractivity contribution in [3.8, 4) is 22.6 Å². The molecule has 4 rings (SSSR count). The Morgan fingerprint density at radius 3 is 2.41 bits per heavy atom. The first-order valence-corrected chi connectivity index (χ1v) is 10.6. The molecule has 0 bridgehead atoms. The van der Waals surface area contributed by atoms with Crippen molar-refractivity contribution in [2.24, 2.45) is 0 Å². The van der Waals surface area contributed by atoms with E-state index in [4.69, 9.17) is 0 Å². The summed E-state index contributed by atoms with van der Waals surface area (Å²) in [7, 11) is 4.00. The zero-order chi connectivity index (χ0) is 22.7. The van der Waals surface area contributed by atoms with Gasteiger partial charge in [-0.2, -0.15) is 0 Å². The molecule has 0 fully saturated rings. The second kappa shape index (κ2) is 9.08. The number of amides is 1. The van der Waals surface area contributed by atoms with Gasteiger partial charge in [-0.15, -0.1) is 11.3 Å². The number of anilines is 1. The lowest BCUT2D eigenvalue weighted by Crippen LogP contribution is -2.13. The summed E-state index contributed by atoms with van der Waals surface area (Å²) in [6.45, 7) is 0.798. The molecule has 0 unspecified atom stereocenters. The van der Waals surface area contributed by atoms with Crippen LogP contribution in [0.2, 0.25) is 0 Å². The van der Waals surface area contributed by atoms with E-state index in [1.165, 1.54) is 23.5 Å². The van der Waals surface area contributed by atoms with Crippen LogP contribution < -0.4 is 5.32 Å². The monoisotopic (exact) mass is 448 g/mol. The van der Waals surface area contributed by atoms with Gasteiger partial charge in [-0.05, 0) is 31.8 Å². The van der Waals surface area contributed by atoms with Gasteiger partial charge in [-0.1, -0.05) is 24.3 Å². The number of aromatic nitrogens is 3. The summed E-state index contributed by atoms with van der Waals surface area (Å²) >= 11 is 1.32. The number of nitro benzene ring substituents is 1. The van der Waals surface area contributed by atoms with Crippen molar-refractivity contribution < 1.29 is 9.72 Å². The maximum Gasteiger partial charge on any atom is 0.276 e. The van der Waals surface area contributed by atoms with E-state index in [0.29, 0.717) is 22.2 Å². The third-order valence-corrected chi connectivity index (χ3v) is 5.35. The Morgan fingerprint density at radius 1 is 1.12 bits per heavy atom. The normalized spacial score (nSPS) is 11.0. The highest BCUT2D eigenvalue weighted by Gasteiger charge is 2.21. The number of H-pyrrole nitrogens is 1. The van der Waals surface area contributed by atoms with E-state index >= 15 is 0 Å². The molecule has 0 saturated heterocycles. The number of aromatic amines is 1. The summed E-state index contributed by atoms with van der Waals surface area (Å²) < 4.78 is 0. The number of nitro groups is 1. The topological polar surface area (TPSA) is 117 Å². The van der Waals surface area contributed by atoms with Crippen LogP contribution in [0.4, 0.5) is 10.8 Å². The largest absolute Gasteiger partial charge is 0.333 e. The number of nitrogens with zero attached hydrogens (tertiary/aromatic N) is 4. The number of nitrogens with one attached hydrogen (secondary N) is 2. The molecular weight excluding hydrogens is 428 g/mol. The van der Waals surface area contributed by atoms with Gasteiger partial charge in [0, 0.05) is 41.4 Å². The van der Waals surface area contributed by atoms with Crippen LogP contribution in [0, 0.1) is 10.1 Å². The summed E-state index contributed by atoms with van der Waals surface area (Å²) in [5.41, 5.74) is 3.31. The van der Waals surface area contributed by atoms with Gasteiger partial charge in [0.1, 0.15) is 17.2 Å².